The SMILES string of the molecule is CN(c1ccc(C(N)=O)cc1)S(=O)(=O)c1ccc(OC(F)(F)F)cc1. The van der Waals surface area contributed by atoms with Crippen LogP contribution in [-0.4, -0.2) is 27.7 Å². The topological polar surface area (TPSA) is 89.7 Å². The molecule has 2 rings (SSSR count). The fourth-order valence-corrected chi connectivity index (χ4v) is 3.14. The molecule has 0 aliphatic rings. The fourth-order valence-electron chi connectivity index (χ4n) is 1.95. The third-order valence-corrected chi connectivity index (χ3v) is 5.03. The lowest BCUT2D eigenvalue weighted by molar-refractivity contribution is -0.274. The molecule has 0 aromatic heterocycles. The molecule has 2 N–H and O–H groups in total. The summed E-state index contributed by atoms with van der Waals surface area (Å²) in [4.78, 5) is 10.8. The molecule has 0 radical (unpaired) electrons. The second-order valence-electron chi connectivity index (χ2n) is 4.90. The maximum atomic E-state index is 12.5. The molecule has 0 fully saturated rings. The molecule has 0 unspecified atom stereocenters. The van der Waals surface area contributed by atoms with Crippen molar-refractivity contribution in [2.24, 2.45) is 5.73 Å². The van der Waals surface area contributed by atoms with Crippen molar-refractivity contribution in [3.8, 4) is 5.75 Å². The first-order chi connectivity index (χ1) is 11.5. The van der Waals surface area contributed by atoms with Crippen molar-refractivity contribution in [3.05, 3.63) is 54.1 Å². The zero-order valence-corrected chi connectivity index (χ0v) is 13.6. The first kappa shape index (κ1) is 18.6. The summed E-state index contributed by atoms with van der Waals surface area (Å²) in [6.07, 6.45) is -4.86. The van der Waals surface area contributed by atoms with Crippen molar-refractivity contribution in [2.45, 2.75) is 11.3 Å². The Morgan fingerprint density at radius 1 is 1.04 bits per heavy atom. The van der Waals surface area contributed by atoms with Gasteiger partial charge in [0, 0.05) is 12.6 Å². The summed E-state index contributed by atoms with van der Waals surface area (Å²) in [5.41, 5.74) is 5.57. The lowest BCUT2D eigenvalue weighted by Crippen LogP contribution is -2.26. The molecule has 0 aliphatic carbocycles. The smallest absolute Gasteiger partial charge is 0.406 e. The molecule has 25 heavy (non-hydrogen) atoms. The Morgan fingerprint density at radius 2 is 1.56 bits per heavy atom. The number of ether oxygens (including phenoxy) is 1. The average Bonchev–Trinajstić information content (AvgIpc) is 2.53. The van der Waals surface area contributed by atoms with E-state index in [4.69, 9.17) is 5.73 Å². The van der Waals surface area contributed by atoms with Crippen LogP contribution in [0.2, 0.25) is 0 Å². The van der Waals surface area contributed by atoms with Gasteiger partial charge < -0.3 is 10.5 Å². The molecule has 10 heteroatoms. The van der Waals surface area contributed by atoms with Gasteiger partial charge in [-0.3, -0.25) is 9.10 Å². The van der Waals surface area contributed by atoms with Crippen molar-refractivity contribution in [1.82, 2.24) is 0 Å². The summed E-state index contributed by atoms with van der Waals surface area (Å²) >= 11 is 0. The number of benzene rings is 2. The predicted octanol–water partition coefficient (Wildman–Crippen LogP) is 2.51. The molecule has 2 aromatic carbocycles. The van der Waals surface area contributed by atoms with E-state index in [-0.39, 0.29) is 16.1 Å². The molecule has 134 valence electrons. The summed E-state index contributed by atoms with van der Waals surface area (Å²) in [5.74, 6) is -1.18. The van der Waals surface area contributed by atoms with E-state index in [0.29, 0.717) is 0 Å². The van der Waals surface area contributed by atoms with Gasteiger partial charge in [0.2, 0.25) is 5.91 Å². The van der Waals surface area contributed by atoms with E-state index in [1.54, 1.807) is 0 Å². The summed E-state index contributed by atoms with van der Waals surface area (Å²) < 4.78 is 66.1. The molecular formula is C15H13F3N2O4S. The van der Waals surface area contributed by atoms with Gasteiger partial charge in [0.1, 0.15) is 5.75 Å². The minimum absolute atomic E-state index is 0.211. The number of nitrogens with two attached hydrogens (primary N) is 1. The second kappa shape index (κ2) is 6.63. The summed E-state index contributed by atoms with van der Waals surface area (Å²) in [6, 6.07) is 9.33. The molecule has 0 aliphatic heterocycles. The molecule has 6 nitrogen and oxygen atoms in total. The Balaban J connectivity index is 2.26. The van der Waals surface area contributed by atoms with Crippen molar-refractivity contribution >= 4 is 21.6 Å². The molecule has 0 bridgehead atoms. The number of alkyl halides is 3. The highest BCUT2D eigenvalue weighted by Gasteiger charge is 2.31. The van der Waals surface area contributed by atoms with Crippen LogP contribution in [0, 0.1) is 0 Å². The Morgan fingerprint density at radius 3 is 2.00 bits per heavy atom. The van der Waals surface area contributed by atoms with E-state index >= 15 is 0 Å². The van der Waals surface area contributed by atoms with E-state index in [9.17, 15) is 26.4 Å². The predicted molar refractivity (Wildman–Crippen MR) is 83.7 cm³/mol. The van der Waals surface area contributed by atoms with Crippen molar-refractivity contribution in [2.75, 3.05) is 11.4 Å². The highest BCUT2D eigenvalue weighted by atomic mass is 32.2. The van der Waals surface area contributed by atoms with Gasteiger partial charge in [-0.05, 0) is 48.5 Å². The number of rotatable bonds is 5. The van der Waals surface area contributed by atoms with Gasteiger partial charge in [0.05, 0.1) is 10.6 Å². The van der Waals surface area contributed by atoms with E-state index in [1.165, 1.54) is 31.3 Å². The first-order valence-corrected chi connectivity index (χ1v) is 8.19. The summed E-state index contributed by atoms with van der Waals surface area (Å²) in [7, 11) is -2.73. The monoisotopic (exact) mass is 374 g/mol. The quantitative estimate of drug-likeness (QED) is 0.871. The number of sulfonamides is 1. The van der Waals surface area contributed by atoms with Crippen LogP contribution >= 0.6 is 0 Å². The van der Waals surface area contributed by atoms with Crippen molar-refractivity contribution in [1.29, 1.82) is 0 Å². The standard InChI is InChI=1S/C15H13F3N2O4S/c1-20(11-4-2-10(3-5-11)14(19)21)25(22,23)13-8-6-12(7-9-13)24-15(16,17)18/h2-9H,1H3,(H2,19,21). The molecule has 0 saturated heterocycles. The number of anilines is 1. The van der Waals surface area contributed by atoms with Crippen LogP contribution in [0.5, 0.6) is 5.75 Å². The molecule has 0 spiro atoms. The first-order valence-electron chi connectivity index (χ1n) is 6.75. The lowest BCUT2D eigenvalue weighted by Gasteiger charge is -2.20. The zero-order chi connectivity index (χ0) is 18.8. The van der Waals surface area contributed by atoms with E-state index < -0.39 is 28.0 Å². The fraction of sp³-hybridized carbons (Fsp3) is 0.133. The molecule has 2 aromatic rings. The lowest BCUT2D eigenvalue weighted by atomic mass is 10.2. The number of nitrogens with zero attached hydrogens (tertiary/aromatic N) is 1. The molecule has 0 saturated carbocycles. The van der Waals surface area contributed by atoms with Gasteiger partial charge in [-0.15, -0.1) is 13.2 Å². The Hall–Kier alpha value is -2.75. The average molecular weight is 374 g/mol. The number of hydrogen-bond donors (Lipinski definition) is 1. The molecular weight excluding hydrogens is 361 g/mol. The van der Waals surface area contributed by atoms with Crippen LogP contribution in [0.1, 0.15) is 10.4 Å². The summed E-state index contributed by atoms with van der Waals surface area (Å²) in [5, 5.41) is 0. The normalized spacial score (nSPS) is 11.8. The third-order valence-electron chi connectivity index (χ3n) is 3.23. The van der Waals surface area contributed by atoms with Crippen LogP contribution in [0.3, 0.4) is 0 Å². The van der Waals surface area contributed by atoms with Crippen molar-refractivity contribution in [3.63, 3.8) is 0 Å². The summed E-state index contributed by atoms with van der Waals surface area (Å²) in [6.45, 7) is 0. The van der Waals surface area contributed by atoms with Gasteiger partial charge in [-0.25, -0.2) is 8.42 Å². The van der Waals surface area contributed by atoms with Crippen LogP contribution in [0.15, 0.2) is 53.4 Å². The minimum atomic E-state index is -4.86. The molecule has 1 amide bonds. The number of carbonyl (C=O) groups is 1. The van der Waals surface area contributed by atoms with Crippen molar-refractivity contribution < 1.29 is 31.1 Å². The van der Waals surface area contributed by atoms with Crippen LogP contribution in [0.4, 0.5) is 18.9 Å². The second-order valence-corrected chi connectivity index (χ2v) is 6.87. The number of primary amides is 1. The van der Waals surface area contributed by atoms with Gasteiger partial charge in [0.25, 0.3) is 10.0 Å². The van der Waals surface area contributed by atoms with E-state index in [1.807, 2.05) is 0 Å². The van der Waals surface area contributed by atoms with Gasteiger partial charge in [-0.2, -0.15) is 0 Å². The number of amides is 1. The highest BCUT2D eigenvalue weighted by Crippen LogP contribution is 2.26. The number of carbonyl (C=O) groups excluding carboxylic acids is 1. The van der Waals surface area contributed by atoms with E-state index in [2.05, 4.69) is 4.74 Å². The molecule has 0 heterocycles. The Labute approximate surface area is 141 Å². The maximum Gasteiger partial charge on any atom is 0.573 e. The van der Waals surface area contributed by atoms with Gasteiger partial charge in [-0.1, -0.05) is 0 Å². The van der Waals surface area contributed by atoms with Gasteiger partial charge >= 0.3 is 6.36 Å². The minimum Gasteiger partial charge on any atom is -0.406 e. The number of halogens is 3. The largest absolute Gasteiger partial charge is 0.573 e. The highest BCUT2D eigenvalue weighted by molar-refractivity contribution is 7.92. The maximum absolute atomic E-state index is 12.5. The van der Waals surface area contributed by atoms with Gasteiger partial charge in [0.15, 0.2) is 0 Å². The Bertz CT molecular complexity index is 863. The Kier molecular flexibility index (Phi) is 4.93. The zero-order valence-electron chi connectivity index (χ0n) is 12.8. The van der Waals surface area contributed by atoms with Crippen LogP contribution in [0.25, 0.3) is 0 Å². The number of hydrogen-bond acceptors (Lipinski definition) is 4. The van der Waals surface area contributed by atoms with Crippen LogP contribution in [-0.2, 0) is 10.0 Å². The van der Waals surface area contributed by atoms with E-state index in [0.717, 1.165) is 28.6 Å². The van der Waals surface area contributed by atoms with Crippen LogP contribution < -0.4 is 14.8 Å². The molecule has 0 atom stereocenters. The third kappa shape index (κ3) is 4.41.